The van der Waals surface area contributed by atoms with Gasteiger partial charge in [0.25, 0.3) is 0 Å². The molecule has 0 amide bonds. The van der Waals surface area contributed by atoms with Gasteiger partial charge >= 0.3 is 6.18 Å². The van der Waals surface area contributed by atoms with E-state index in [9.17, 15) is 18.0 Å². The zero-order valence-corrected chi connectivity index (χ0v) is 11.5. The molecule has 0 bridgehead atoms. The van der Waals surface area contributed by atoms with E-state index in [4.69, 9.17) is 0 Å². The van der Waals surface area contributed by atoms with Crippen LogP contribution in [0.4, 0.5) is 13.2 Å². The number of alkyl halides is 3. The van der Waals surface area contributed by atoms with Crippen LogP contribution in [0.25, 0.3) is 21.2 Å². The molecule has 2 aromatic carbocycles. The average molecular weight is 306 g/mol. The molecule has 0 aliphatic rings. The van der Waals surface area contributed by atoms with Crippen molar-refractivity contribution in [2.45, 2.75) is 6.18 Å². The van der Waals surface area contributed by atoms with Gasteiger partial charge in [-0.2, -0.15) is 13.2 Å². The van der Waals surface area contributed by atoms with E-state index in [2.05, 4.69) is 0 Å². The van der Waals surface area contributed by atoms with Crippen LogP contribution in [-0.4, -0.2) is 0 Å². The van der Waals surface area contributed by atoms with Crippen molar-refractivity contribution in [3.05, 3.63) is 69.7 Å². The molecule has 0 saturated carbocycles. The van der Waals surface area contributed by atoms with Gasteiger partial charge in [0.1, 0.15) is 0 Å². The zero-order valence-electron chi connectivity index (χ0n) is 10.6. The smallest absolute Gasteiger partial charge is 0.277 e. The third-order valence-corrected chi connectivity index (χ3v) is 4.16. The van der Waals surface area contributed by atoms with Gasteiger partial charge in [-0.3, -0.25) is 4.79 Å². The molecule has 0 fully saturated rings. The summed E-state index contributed by atoms with van der Waals surface area (Å²) in [5.41, 5.74) is -0.770. The summed E-state index contributed by atoms with van der Waals surface area (Å²) >= 11 is 0.960. The maximum Gasteiger partial charge on any atom is 0.417 e. The molecule has 0 aliphatic carbocycles. The minimum atomic E-state index is -4.49. The standard InChI is InChI=1S/C16H9F3OS/c17-16(18,19)13-7-3-2-6-11(13)12-9-10-5-1-4-8-14(10)21-15(12)20/h1-9H. The van der Waals surface area contributed by atoms with Gasteiger partial charge in [-0.25, -0.2) is 0 Å². The Morgan fingerprint density at radius 1 is 0.857 bits per heavy atom. The molecular weight excluding hydrogens is 297 g/mol. The highest BCUT2D eigenvalue weighted by Crippen LogP contribution is 2.36. The van der Waals surface area contributed by atoms with Gasteiger partial charge in [-0.1, -0.05) is 47.7 Å². The topological polar surface area (TPSA) is 17.1 Å². The molecule has 0 saturated heterocycles. The van der Waals surface area contributed by atoms with E-state index < -0.39 is 11.7 Å². The van der Waals surface area contributed by atoms with Gasteiger partial charge in [0.15, 0.2) is 0 Å². The molecule has 1 heterocycles. The van der Waals surface area contributed by atoms with Gasteiger partial charge in [-0.05, 0) is 29.1 Å². The van der Waals surface area contributed by atoms with Crippen molar-refractivity contribution in [2.75, 3.05) is 0 Å². The molecule has 3 aromatic rings. The fourth-order valence-corrected chi connectivity index (χ4v) is 3.08. The van der Waals surface area contributed by atoms with E-state index in [0.717, 1.165) is 27.5 Å². The summed E-state index contributed by atoms with van der Waals surface area (Å²) < 4.78 is 39.6. The molecule has 0 atom stereocenters. The maximum atomic E-state index is 13.1. The number of halogens is 3. The molecule has 1 nitrogen and oxygen atoms in total. The van der Waals surface area contributed by atoms with Crippen molar-refractivity contribution in [3.8, 4) is 11.1 Å². The van der Waals surface area contributed by atoms with Crippen LogP contribution in [0.2, 0.25) is 0 Å². The number of benzene rings is 2. The van der Waals surface area contributed by atoms with E-state index in [1.165, 1.54) is 24.3 Å². The summed E-state index contributed by atoms with van der Waals surface area (Å²) in [5.74, 6) is 0. The van der Waals surface area contributed by atoms with Crippen LogP contribution in [0.5, 0.6) is 0 Å². The lowest BCUT2D eigenvalue weighted by Gasteiger charge is -2.12. The molecule has 0 radical (unpaired) electrons. The molecular formula is C16H9F3OS. The third-order valence-electron chi connectivity index (χ3n) is 3.16. The Labute approximate surface area is 122 Å². The fraction of sp³-hybridized carbons (Fsp3) is 0.0625. The summed E-state index contributed by atoms with van der Waals surface area (Å²) in [6, 6.07) is 13.8. The Balaban J connectivity index is 2.31. The predicted molar refractivity (Wildman–Crippen MR) is 78.5 cm³/mol. The lowest BCUT2D eigenvalue weighted by atomic mass is 10.0. The predicted octanol–water partition coefficient (Wildman–Crippen LogP) is 4.95. The number of rotatable bonds is 1. The second-order valence-corrected chi connectivity index (χ2v) is 5.54. The third kappa shape index (κ3) is 2.56. The van der Waals surface area contributed by atoms with Crippen LogP contribution in [-0.2, 0) is 6.18 Å². The highest BCUT2D eigenvalue weighted by molar-refractivity contribution is 7.16. The molecule has 21 heavy (non-hydrogen) atoms. The molecule has 3 rings (SSSR count). The van der Waals surface area contributed by atoms with Crippen molar-refractivity contribution < 1.29 is 13.2 Å². The lowest BCUT2D eigenvalue weighted by molar-refractivity contribution is -0.137. The largest absolute Gasteiger partial charge is 0.417 e. The molecule has 0 unspecified atom stereocenters. The first kappa shape index (κ1) is 13.8. The van der Waals surface area contributed by atoms with Crippen LogP contribution in [0.3, 0.4) is 0 Å². The minimum absolute atomic E-state index is 0.0722. The minimum Gasteiger partial charge on any atom is -0.277 e. The number of hydrogen-bond donors (Lipinski definition) is 0. The van der Waals surface area contributed by atoms with Crippen molar-refractivity contribution in [1.82, 2.24) is 0 Å². The van der Waals surface area contributed by atoms with Crippen molar-refractivity contribution in [3.63, 3.8) is 0 Å². The second kappa shape index (κ2) is 5.00. The van der Waals surface area contributed by atoms with Gasteiger partial charge in [0.05, 0.1) is 5.56 Å². The van der Waals surface area contributed by atoms with Gasteiger partial charge in [-0.15, -0.1) is 0 Å². The lowest BCUT2D eigenvalue weighted by Crippen LogP contribution is -2.09. The molecule has 0 N–H and O–H groups in total. The second-order valence-electron chi connectivity index (χ2n) is 4.53. The Bertz CT molecular complexity index is 865. The highest BCUT2D eigenvalue weighted by atomic mass is 32.1. The van der Waals surface area contributed by atoms with E-state index in [-0.39, 0.29) is 15.9 Å². The summed E-state index contributed by atoms with van der Waals surface area (Å²) in [5, 5.41) is 0.758. The van der Waals surface area contributed by atoms with Crippen molar-refractivity contribution >= 4 is 21.4 Å². The number of hydrogen-bond acceptors (Lipinski definition) is 2. The van der Waals surface area contributed by atoms with Crippen LogP contribution >= 0.6 is 11.3 Å². The molecule has 1 aromatic heterocycles. The monoisotopic (exact) mass is 306 g/mol. The summed E-state index contributed by atoms with van der Waals surface area (Å²) in [7, 11) is 0. The zero-order chi connectivity index (χ0) is 15.0. The van der Waals surface area contributed by atoms with Crippen LogP contribution in [0, 0.1) is 0 Å². The van der Waals surface area contributed by atoms with E-state index in [1.54, 1.807) is 24.3 Å². The summed E-state index contributed by atoms with van der Waals surface area (Å²) in [6.07, 6.45) is -4.49. The average Bonchev–Trinajstić information content (AvgIpc) is 2.45. The Hall–Kier alpha value is -2.14. The van der Waals surface area contributed by atoms with Crippen molar-refractivity contribution in [1.29, 1.82) is 0 Å². The summed E-state index contributed by atoms with van der Waals surface area (Å²) in [6.45, 7) is 0. The Morgan fingerprint density at radius 2 is 1.52 bits per heavy atom. The first-order valence-corrected chi connectivity index (χ1v) is 6.98. The Morgan fingerprint density at radius 3 is 2.29 bits per heavy atom. The van der Waals surface area contributed by atoms with Crippen LogP contribution < -0.4 is 4.74 Å². The molecule has 0 spiro atoms. The fourth-order valence-electron chi connectivity index (χ4n) is 2.21. The maximum absolute atomic E-state index is 13.1. The van der Waals surface area contributed by atoms with E-state index in [0.29, 0.717) is 0 Å². The van der Waals surface area contributed by atoms with Crippen LogP contribution in [0.1, 0.15) is 5.56 Å². The van der Waals surface area contributed by atoms with E-state index >= 15 is 0 Å². The SMILES string of the molecule is O=c1sc2ccccc2cc1-c1ccccc1C(F)(F)F. The molecule has 0 aliphatic heterocycles. The van der Waals surface area contributed by atoms with E-state index in [1.807, 2.05) is 0 Å². The van der Waals surface area contributed by atoms with Gasteiger partial charge in [0.2, 0.25) is 4.74 Å². The van der Waals surface area contributed by atoms with Gasteiger partial charge in [0, 0.05) is 10.3 Å². The van der Waals surface area contributed by atoms with Gasteiger partial charge < -0.3 is 0 Å². The Kier molecular flexibility index (Phi) is 3.29. The molecule has 106 valence electrons. The number of fused-ring (bicyclic) bond motifs is 1. The first-order valence-electron chi connectivity index (χ1n) is 6.16. The van der Waals surface area contributed by atoms with Crippen molar-refractivity contribution in [2.24, 2.45) is 0 Å². The first-order chi connectivity index (χ1) is 9.97. The normalized spacial score (nSPS) is 11.8. The highest BCUT2D eigenvalue weighted by Gasteiger charge is 2.33. The summed E-state index contributed by atoms with van der Waals surface area (Å²) in [4.78, 5) is 12.2. The van der Waals surface area contributed by atoms with Crippen LogP contribution in [0.15, 0.2) is 59.4 Å². The quantitative estimate of drug-likeness (QED) is 0.622. The molecule has 5 heteroatoms.